The molecule has 0 bridgehead atoms. The summed E-state index contributed by atoms with van der Waals surface area (Å²) in [5, 5.41) is 5.51. The molecule has 102 valence electrons. The van der Waals surface area contributed by atoms with Gasteiger partial charge in [-0.2, -0.15) is 0 Å². The molecule has 1 aliphatic heterocycles. The van der Waals surface area contributed by atoms with E-state index in [1.54, 1.807) is 0 Å². The van der Waals surface area contributed by atoms with Gasteiger partial charge in [0.15, 0.2) is 5.17 Å². The van der Waals surface area contributed by atoms with E-state index in [9.17, 15) is 0 Å². The van der Waals surface area contributed by atoms with Gasteiger partial charge in [0.1, 0.15) is 0 Å². The molecule has 0 amide bonds. The van der Waals surface area contributed by atoms with Crippen LogP contribution in [0.4, 0.5) is 0 Å². The first-order valence-corrected chi connectivity index (χ1v) is 8.36. The predicted molar refractivity (Wildman–Crippen MR) is 79.3 cm³/mol. The third kappa shape index (κ3) is 3.21. The van der Waals surface area contributed by atoms with Crippen LogP contribution in [0.15, 0.2) is 4.99 Å². The summed E-state index contributed by atoms with van der Waals surface area (Å²) in [5.41, 5.74) is 0. The van der Waals surface area contributed by atoms with Crippen molar-refractivity contribution < 1.29 is 0 Å². The Kier molecular flexibility index (Phi) is 4.14. The fourth-order valence-electron chi connectivity index (χ4n) is 3.07. The number of amidine groups is 1. The van der Waals surface area contributed by atoms with E-state index in [0.29, 0.717) is 0 Å². The van der Waals surface area contributed by atoms with Crippen LogP contribution in [0.1, 0.15) is 38.5 Å². The Bertz CT molecular complexity index is 308. The molecule has 4 heteroatoms. The summed E-state index contributed by atoms with van der Waals surface area (Å²) in [6.45, 7) is 3.25. The van der Waals surface area contributed by atoms with Crippen LogP contribution >= 0.6 is 11.8 Å². The second-order valence-corrected chi connectivity index (χ2v) is 7.21. The number of thioether (sulfide) groups is 1. The fourth-order valence-corrected chi connectivity index (χ4v) is 4.30. The number of hydrogen-bond acceptors (Lipinski definition) is 4. The van der Waals surface area contributed by atoms with Crippen molar-refractivity contribution >= 4 is 16.9 Å². The maximum Gasteiger partial charge on any atom is 0.156 e. The van der Waals surface area contributed by atoms with E-state index in [1.165, 1.54) is 43.7 Å². The van der Waals surface area contributed by atoms with E-state index in [-0.39, 0.29) is 0 Å². The molecule has 0 aromatic carbocycles. The summed E-state index contributed by atoms with van der Waals surface area (Å²) < 4.78 is 0. The van der Waals surface area contributed by atoms with Crippen molar-refractivity contribution in [2.75, 3.05) is 26.7 Å². The highest BCUT2D eigenvalue weighted by molar-refractivity contribution is 8.14. The van der Waals surface area contributed by atoms with E-state index in [0.717, 1.165) is 36.8 Å². The average molecular weight is 267 g/mol. The number of aliphatic imine (C=N–C) groups is 1. The van der Waals surface area contributed by atoms with Crippen molar-refractivity contribution in [1.82, 2.24) is 10.2 Å². The first-order valence-electron chi connectivity index (χ1n) is 7.48. The minimum atomic E-state index is 0.792. The smallest absolute Gasteiger partial charge is 0.156 e. The molecule has 0 spiro atoms. The van der Waals surface area contributed by atoms with Gasteiger partial charge in [0.2, 0.25) is 0 Å². The maximum atomic E-state index is 4.62. The average Bonchev–Trinajstić information content (AvgIpc) is 2.92. The maximum absolute atomic E-state index is 4.62. The monoisotopic (exact) mass is 267 g/mol. The molecule has 1 N–H and O–H groups in total. The van der Waals surface area contributed by atoms with Crippen LogP contribution in [0.2, 0.25) is 0 Å². The summed E-state index contributed by atoms with van der Waals surface area (Å²) in [6, 6.07) is 0.837. The van der Waals surface area contributed by atoms with Crippen LogP contribution in [-0.2, 0) is 0 Å². The normalized spacial score (nSPS) is 29.0. The molecular weight excluding hydrogens is 242 g/mol. The lowest BCUT2D eigenvalue weighted by atomic mass is 10.2. The van der Waals surface area contributed by atoms with Crippen molar-refractivity contribution in [2.24, 2.45) is 10.9 Å². The molecule has 1 atom stereocenters. The third-order valence-electron chi connectivity index (χ3n) is 4.51. The molecule has 2 aliphatic carbocycles. The van der Waals surface area contributed by atoms with Crippen LogP contribution in [0, 0.1) is 5.92 Å². The summed E-state index contributed by atoms with van der Waals surface area (Å²) >= 11 is 1.99. The molecule has 0 aromatic heterocycles. The quantitative estimate of drug-likeness (QED) is 0.828. The summed E-state index contributed by atoms with van der Waals surface area (Å²) in [7, 11) is 2.27. The van der Waals surface area contributed by atoms with Gasteiger partial charge in [0, 0.05) is 24.4 Å². The zero-order chi connectivity index (χ0) is 12.4. The molecule has 1 unspecified atom stereocenters. The largest absolute Gasteiger partial charge is 0.364 e. The van der Waals surface area contributed by atoms with Gasteiger partial charge in [0.05, 0.1) is 6.54 Å². The second kappa shape index (κ2) is 5.83. The zero-order valence-electron chi connectivity index (χ0n) is 11.4. The number of rotatable bonds is 5. The molecule has 3 nitrogen and oxygen atoms in total. The summed E-state index contributed by atoms with van der Waals surface area (Å²) in [4.78, 5) is 7.15. The lowest BCUT2D eigenvalue weighted by Crippen LogP contribution is -2.36. The Labute approximate surface area is 115 Å². The van der Waals surface area contributed by atoms with Crippen LogP contribution in [0.3, 0.4) is 0 Å². The highest BCUT2D eigenvalue weighted by Crippen LogP contribution is 2.41. The number of hydrogen-bond donors (Lipinski definition) is 1. The summed E-state index contributed by atoms with van der Waals surface area (Å²) in [5.74, 6) is 0.971. The number of nitrogens with zero attached hydrogens (tertiary/aromatic N) is 2. The van der Waals surface area contributed by atoms with Gasteiger partial charge in [-0.25, -0.2) is 0 Å². The SMILES string of the molecule is CN(CCNC1=NCC(C2CC2)S1)C1CCCC1. The molecule has 0 saturated heterocycles. The van der Waals surface area contributed by atoms with Gasteiger partial charge in [-0.15, -0.1) is 0 Å². The Morgan fingerprint density at radius 2 is 2.06 bits per heavy atom. The molecule has 0 aromatic rings. The Morgan fingerprint density at radius 3 is 2.78 bits per heavy atom. The Morgan fingerprint density at radius 1 is 1.28 bits per heavy atom. The highest BCUT2D eigenvalue weighted by Gasteiger charge is 2.35. The van der Waals surface area contributed by atoms with Gasteiger partial charge in [-0.1, -0.05) is 24.6 Å². The first-order chi connectivity index (χ1) is 8.83. The van der Waals surface area contributed by atoms with E-state index < -0.39 is 0 Å². The van der Waals surface area contributed by atoms with Gasteiger partial charge in [0.25, 0.3) is 0 Å². The van der Waals surface area contributed by atoms with Crippen molar-refractivity contribution in [3.05, 3.63) is 0 Å². The fraction of sp³-hybridized carbons (Fsp3) is 0.929. The standard InChI is InChI=1S/C14H25N3S/c1-17(12-4-2-3-5-12)9-8-15-14-16-10-13(18-14)11-6-7-11/h11-13H,2-10H2,1H3,(H,15,16). The second-order valence-electron chi connectivity index (χ2n) is 5.99. The molecule has 0 radical (unpaired) electrons. The molecule has 2 saturated carbocycles. The molecule has 3 aliphatic rings. The minimum Gasteiger partial charge on any atom is -0.364 e. The molecule has 18 heavy (non-hydrogen) atoms. The van der Waals surface area contributed by atoms with E-state index in [1.807, 2.05) is 11.8 Å². The molecule has 3 rings (SSSR count). The number of likely N-dealkylation sites (N-methyl/N-ethyl adjacent to an activating group) is 1. The molecular formula is C14H25N3S. The van der Waals surface area contributed by atoms with Crippen LogP contribution < -0.4 is 5.32 Å². The highest BCUT2D eigenvalue weighted by atomic mass is 32.2. The van der Waals surface area contributed by atoms with E-state index in [2.05, 4.69) is 22.3 Å². The van der Waals surface area contributed by atoms with E-state index >= 15 is 0 Å². The van der Waals surface area contributed by atoms with Crippen LogP contribution in [0.25, 0.3) is 0 Å². The van der Waals surface area contributed by atoms with Crippen molar-refractivity contribution in [3.8, 4) is 0 Å². The zero-order valence-corrected chi connectivity index (χ0v) is 12.2. The molecule has 1 heterocycles. The summed E-state index contributed by atoms with van der Waals surface area (Å²) in [6.07, 6.45) is 8.52. The van der Waals surface area contributed by atoms with Crippen molar-refractivity contribution in [3.63, 3.8) is 0 Å². The van der Waals surface area contributed by atoms with Crippen molar-refractivity contribution in [2.45, 2.75) is 49.8 Å². The van der Waals surface area contributed by atoms with Gasteiger partial charge < -0.3 is 10.2 Å². The van der Waals surface area contributed by atoms with E-state index in [4.69, 9.17) is 0 Å². The molecule has 2 fully saturated rings. The van der Waals surface area contributed by atoms with Gasteiger partial charge >= 0.3 is 0 Å². The Hall–Kier alpha value is -0.220. The lowest BCUT2D eigenvalue weighted by molar-refractivity contribution is 0.249. The predicted octanol–water partition coefficient (Wildman–Crippen LogP) is 2.33. The number of nitrogens with one attached hydrogen (secondary N) is 1. The van der Waals surface area contributed by atoms with Gasteiger partial charge in [-0.05, 0) is 38.6 Å². The van der Waals surface area contributed by atoms with Gasteiger partial charge in [-0.3, -0.25) is 4.99 Å². The lowest BCUT2D eigenvalue weighted by Gasteiger charge is -2.24. The van der Waals surface area contributed by atoms with Crippen LogP contribution in [0.5, 0.6) is 0 Å². The first kappa shape index (κ1) is 12.8. The topological polar surface area (TPSA) is 27.6 Å². The Balaban J connectivity index is 1.32. The minimum absolute atomic E-state index is 0.792. The van der Waals surface area contributed by atoms with Crippen molar-refractivity contribution in [1.29, 1.82) is 0 Å². The van der Waals surface area contributed by atoms with Crippen LogP contribution in [-0.4, -0.2) is 48.0 Å². The third-order valence-corrected chi connectivity index (χ3v) is 5.85.